The number of aliphatic imine (C=N–C) groups is 1. The van der Waals surface area contributed by atoms with Gasteiger partial charge in [0.05, 0.1) is 10.6 Å². The Hall–Kier alpha value is -1.30. The van der Waals surface area contributed by atoms with E-state index in [1.54, 1.807) is 17.4 Å². The number of amides is 1. The molecular weight excluding hydrogens is 537 g/mol. The minimum atomic E-state index is -0.167. The topological polar surface area (TPSA) is 73.1 Å². The van der Waals surface area contributed by atoms with Gasteiger partial charge in [0.2, 0.25) is 0 Å². The summed E-state index contributed by atoms with van der Waals surface area (Å²) in [5.41, 5.74) is 0.849. The zero-order chi connectivity index (χ0) is 20.6. The average molecular weight is 566 g/mol. The summed E-state index contributed by atoms with van der Waals surface area (Å²) in [5, 5.41) is 6.28. The Morgan fingerprint density at radius 3 is 2.53 bits per heavy atom. The number of piperazine rings is 1. The summed E-state index contributed by atoms with van der Waals surface area (Å²) < 4.78 is 6.05. The van der Waals surface area contributed by atoms with Gasteiger partial charge in [0.1, 0.15) is 0 Å². The fraction of sp³-hybridized carbons (Fsp3) is 0.500. The van der Waals surface area contributed by atoms with Gasteiger partial charge in [0, 0.05) is 63.3 Å². The van der Waals surface area contributed by atoms with Gasteiger partial charge in [-0.3, -0.25) is 14.7 Å². The van der Waals surface area contributed by atoms with Crippen LogP contribution < -0.4 is 10.6 Å². The first kappa shape index (κ1) is 25.0. The van der Waals surface area contributed by atoms with Gasteiger partial charge in [0.15, 0.2) is 11.7 Å². The molecule has 0 spiro atoms. The molecule has 1 amide bonds. The lowest BCUT2D eigenvalue weighted by Crippen LogP contribution is -2.52. The second-order valence-corrected chi connectivity index (χ2v) is 8.78. The lowest BCUT2D eigenvalue weighted by atomic mass is 10.2. The molecule has 1 aliphatic rings. The second kappa shape index (κ2) is 12.5. The number of nitrogens with zero attached hydrogens (tertiary/aromatic N) is 3. The maximum Gasteiger partial charge on any atom is 0.287 e. The van der Waals surface area contributed by atoms with Crippen LogP contribution >= 0.6 is 46.9 Å². The van der Waals surface area contributed by atoms with Crippen LogP contribution in [0.3, 0.4) is 0 Å². The quantitative estimate of drug-likeness (QED) is 0.233. The molecule has 0 aliphatic carbocycles. The van der Waals surface area contributed by atoms with E-state index in [2.05, 4.69) is 31.5 Å². The van der Waals surface area contributed by atoms with E-state index in [1.165, 1.54) is 11.1 Å². The number of carbonyl (C=O) groups excluding carboxylic acids is 1. The molecule has 0 unspecified atom stereocenters. The summed E-state index contributed by atoms with van der Waals surface area (Å²) in [6.07, 6.45) is 2.34. The minimum absolute atomic E-state index is 0. The van der Waals surface area contributed by atoms with E-state index in [1.807, 2.05) is 20.0 Å². The van der Waals surface area contributed by atoms with Crippen molar-refractivity contribution < 1.29 is 9.21 Å². The monoisotopic (exact) mass is 565 g/mol. The molecule has 1 saturated heterocycles. The number of rotatable bonds is 7. The Balaban J connectivity index is 0.00000320. The maximum atomic E-state index is 12.0. The van der Waals surface area contributed by atoms with Crippen molar-refractivity contribution >= 4 is 58.8 Å². The van der Waals surface area contributed by atoms with Crippen molar-refractivity contribution in [2.75, 3.05) is 46.3 Å². The van der Waals surface area contributed by atoms with E-state index in [4.69, 9.17) is 16.0 Å². The van der Waals surface area contributed by atoms with Crippen LogP contribution in [-0.4, -0.2) is 68.0 Å². The summed E-state index contributed by atoms with van der Waals surface area (Å²) >= 11 is 7.67. The number of hydrogen-bond acceptors (Lipinski definition) is 5. The van der Waals surface area contributed by atoms with Crippen molar-refractivity contribution in [3.8, 4) is 0 Å². The van der Waals surface area contributed by atoms with Crippen LogP contribution in [0, 0.1) is 6.92 Å². The molecule has 3 rings (SSSR count). The molecule has 0 aromatic carbocycles. The number of halogens is 2. The van der Waals surface area contributed by atoms with Crippen molar-refractivity contribution in [3.05, 3.63) is 45.0 Å². The van der Waals surface area contributed by atoms with Gasteiger partial charge < -0.3 is 20.0 Å². The van der Waals surface area contributed by atoms with Crippen molar-refractivity contribution in [1.82, 2.24) is 20.4 Å². The maximum absolute atomic E-state index is 12.0. The zero-order valence-electron chi connectivity index (χ0n) is 17.3. The molecule has 0 atom stereocenters. The third-order valence-corrected chi connectivity index (χ3v) is 6.10. The van der Waals surface area contributed by atoms with Gasteiger partial charge in [-0.05, 0) is 31.5 Å². The molecule has 2 aromatic rings. The average Bonchev–Trinajstić information content (AvgIpc) is 3.33. The summed E-state index contributed by atoms with van der Waals surface area (Å²) in [5.74, 6) is 1.13. The zero-order valence-corrected chi connectivity index (χ0v) is 21.2. The van der Waals surface area contributed by atoms with Crippen LogP contribution in [-0.2, 0) is 6.54 Å². The van der Waals surface area contributed by atoms with Crippen LogP contribution in [0.1, 0.15) is 27.4 Å². The fourth-order valence-electron chi connectivity index (χ4n) is 3.28. The Morgan fingerprint density at radius 2 is 1.93 bits per heavy atom. The van der Waals surface area contributed by atoms with Crippen LogP contribution in [0.25, 0.3) is 0 Å². The van der Waals surface area contributed by atoms with Gasteiger partial charge in [-0.2, -0.15) is 0 Å². The summed E-state index contributed by atoms with van der Waals surface area (Å²) in [7, 11) is 1.81. The Bertz CT molecular complexity index is 833. The molecule has 7 nitrogen and oxygen atoms in total. The first-order chi connectivity index (χ1) is 14.1. The minimum Gasteiger partial charge on any atom is -0.459 e. The third-order valence-electron chi connectivity index (χ3n) is 4.88. The van der Waals surface area contributed by atoms with Crippen molar-refractivity contribution in [2.24, 2.45) is 4.99 Å². The largest absolute Gasteiger partial charge is 0.459 e. The highest BCUT2D eigenvalue weighted by atomic mass is 127. The molecule has 3 heterocycles. The molecule has 0 saturated carbocycles. The highest BCUT2D eigenvalue weighted by molar-refractivity contribution is 14.0. The molecular formula is C20H29ClIN5O2S. The van der Waals surface area contributed by atoms with E-state index in [-0.39, 0.29) is 29.9 Å². The lowest BCUT2D eigenvalue weighted by Gasteiger charge is -2.36. The Labute approximate surface area is 203 Å². The number of hydrogen-bond donors (Lipinski definition) is 2. The second-order valence-electron chi connectivity index (χ2n) is 6.99. The third kappa shape index (κ3) is 7.14. The van der Waals surface area contributed by atoms with Gasteiger partial charge in [0.25, 0.3) is 5.91 Å². The molecule has 1 fully saturated rings. The molecule has 0 bridgehead atoms. The van der Waals surface area contributed by atoms with Gasteiger partial charge >= 0.3 is 0 Å². The van der Waals surface area contributed by atoms with Crippen LogP contribution in [0.2, 0.25) is 4.34 Å². The van der Waals surface area contributed by atoms with Crippen LogP contribution in [0.5, 0.6) is 0 Å². The highest BCUT2D eigenvalue weighted by Gasteiger charge is 2.20. The number of aryl methyl sites for hydroxylation is 1. The van der Waals surface area contributed by atoms with Crippen molar-refractivity contribution in [3.63, 3.8) is 0 Å². The normalized spacial score (nSPS) is 15.0. The molecule has 2 N–H and O–H groups in total. The number of thiophene rings is 1. The van der Waals surface area contributed by atoms with Gasteiger partial charge in [-0.15, -0.1) is 35.3 Å². The summed E-state index contributed by atoms with van der Waals surface area (Å²) in [6.45, 7) is 8.01. The lowest BCUT2D eigenvalue weighted by molar-refractivity contribution is 0.0925. The SMILES string of the molecule is CN=C(NCCCNC(=O)c1occc1C)N1CCN(Cc2ccc(Cl)s2)CC1.I. The fourth-order valence-corrected chi connectivity index (χ4v) is 4.41. The first-order valence-electron chi connectivity index (χ1n) is 9.81. The highest BCUT2D eigenvalue weighted by Crippen LogP contribution is 2.23. The molecule has 1 aliphatic heterocycles. The number of nitrogens with one attached hydrogen (secondary N) is 2. The molecule has 0 radical (unpaired) electrons. The predicted octanol–water partition coefficient (Wildman–Crippen LogP) is 3.43. The van der Waals surface area contributed by atoms with E-state index in [9.17, 15) is 4.79 Å². The van der Waals surface area contributed by atoms with Crippen LogP contribution in [0.15, 0.2) is 33.9 Å². The van der Waals surface area contributed by atoms with Gasteiger partial charge in [-0.25, -0.2) is 0 Å². The van der Waals surface area contributed by atoms with Gasteiger partial charge in [-0.1, -0.05) is 11.6 Å². The number of furan rings is 1. The molecule has 30 heavy (non-hydrogen) atoms. The van der Waals surface area contributed by atoms with E-state index in [0.717, 1.165) is 61.5 Å². The molecule has 10 heteroatoms. The summed E-state index contributed by atoms with van der Waals surface area (Å²) in [4.78, 5) is 22.5. The van der Waals surface area contributed by atoms with Crippen molar-refractivity contribution in [1.29, 1.82) is 0 Å². The Kier molecular flexibility index (Phi) is 10.4. The standard InChI is InChI=1S/C20H28ClN5O2S.HI/c1-15-6-13-28-18(15)19(27)23-7-3-8-24-20(22-2)26-11-9-25(10-12-26)14-16-4-5-17(21)29-16;/h4-6,13H,3,7-12,14H2,1-2H3,(H,22,24)(H,23,27);1H. The van der Waals surface area contributed by atoms with E-state index in [0.29, 0.717) is 12.3 Å². The Morgan fingerprint density at radius 1 is 1.20 bits per heavy atom. The van der Waals surface area contributed by atoms with E-state index >= 15 is 0 Å². The first-order valence-corrected chi connectivity index (χ1v) is 11.0. The smallest absolute Gasteiger partial charge is 0.287 e. The van der Waals surface area contributed by atoms with Crippen LogP contribution in [0.4, 0.5) is 0 Å². The summed E-state index contributed by atoms with van der Waals surface area (Å²) in [6, 6.07) is 5.85. The van der Waals surface area contributed by atoms with E-state index < -0.39 is 0 Å². The molecule has 166 valence electrons. The number of guanidine groups is 1. The molecule has 2 aromatic heterocycles. The number of carbonyl (C=O) groups is 1. The van der Waals surface area contributed by atoms with Crippen molar-refractivity contribution in [2.45, 2.75) is 19.9 Å². The predicted molar refractivity (Wildman–Crippen MR) is 133 cm³/mol.